The first kappa shape index (κ1) is 15.9. The van der Waals surface area contributed by atoms with Crippen molar-refractivity contribution in [1.29, 1.82) is 0 Å². The molecule has 25 heavy (non-hydrogen) atoms. The summed E-state index contributed by atoms with van der Waals surface area (Å²) in [6, 6.07) is 2.09. The molecule has 4 saturated carbocycles. The van der Waals surface area contributed by atoms with Crippen molar-refractivity contribution in [3.05, 3.63) is 18.0 Å². The van der Waals surface area contributed by atoms with E-state index in [-0.39, 0.29) is 11.4 Å². The highest BCUT2D eigenvalue weighted by Gasteiger charge is 2.51. The van der Waals surface area contributed by atoms with Crippen LogP contribution in [0.15, 0.2) is 12.3 Å². The second kappa shape index (κ2) is 6.11. The van der Waals surface area contributed by atoms with E-state index in [9.17, 15) is 4.79 Å². The van der Waals surface area contributed by atoms with Gasteiger partial charge in [0.25, 0.3) is 0 Å². The maximum Gasteiger partial charge on any atom is 0.242 e. The Labute approximate surface area is 149 Å². The molecule has 5 aliphatic rings. The lowest BCUT2D eigenvalue weighted by atomic mass is 9.53. The number of piperidine rings is 1. The fourth-order valence-corrected chi connectivity index (χ4v) is 6.66. The van der Waals surface area contributed by atoms with Gasteiger partial charge >= 0.3 is 0 Å². The van der Waals surface area contributed by atoms with Gasteiger partial charge in [0.1, 0.15) is 6.54 Å². The van der Waals surface area contributed by atoms with Crippen molar-refractivity contribution in [3.8, 4) is 0 Å². The van der Waals surface area contributed by atoms with Crippen LogP contribution in [0.1, 0.15) is 63.0 Å². The van der Waals surface area contributed by atoms with Gasteiger partial charge in [-0.3, -0.25) is 9.48 Å². The number of amides is 1. The Hall–Kier alpha value is -1.36. The Morgan fingerprint density at radius 2 is 1.96 bits per heavy atom. The number of nitrogens with zero attached hydrogens (tertiary/aromatic N) is 2. The number of hydrogen-bond donors (Lipinski definition) is 2. The van der Waals surface area contributed by atoms with Crippen LogP contribution in [0, 0.1) is 17.8 Å². The predicted molar refractivity (Wildman–Crippen MR) is 96.1 cm³/mol. The van der Waals surface area contributed by atoms with E-state index in [2.05, 4.69) is 21.8 Å². The van der Waals surface area contributed by atoms with Crippen molar-refractivity contribution in [2.45, 2.75) is 69.4 Å². The SMILES string of the molecule is O=C(Cn1nccc1C1CCCNC1)NC12CC3CC(CC(C3)C1)C2. The van der Waals surface area contributed by atoms with Gasteiger partial charge in [0.2, 0.25) is 5.91 Å². The summed E-state index contributed by atoms with van der Waals surface area (Å²) >= 11 is 0. The van der Waals surface area contributed by atoms with E-state index in [4.69, 9.17) is 0 Å². The molecule has 2 N–H and O–H groups in total. The molecule has 0 spiro atoms. The van der Waals surface area contributed by atoms with Crippen LogP contribution in [0.3, 0.4) is 0 Å². The molecular formula is C20H30N4O. The lowest BCUT2D eigenvalue weighted by molar-refractivity contribution is -0.127. The Balaban J connectivity index is 1.26. The third kappa shape index (κ3) is 3.01. The molecule has 5 fully saturated rings. The Bertz CT molecular complexity index is 611. The van der Waals surface area contributed by atoms with Gasteiger partial charge in [-0.1, -0.05) is 0 Å². The highest BCUT2D eigenvalue weighted by Crippen LogP contribution is 2.55. The van der Waals surface area contributed by atoms with E-state index in [1.165, 1.54) is 57.1 Å². The van der Waals surface area contributed by atoms with Gasteiger partial charge in [-0.15, -0.1) is 0 Å². The van der Waals surface area contributed by atoms with Crippen LogP contribution in [0.4, 0.5) is 0 Å². The summed E-state index contributed by atoms with van der Waals surface area (Å²) in [6.45, 7) is 2.49. The quantitative estimate of drug-likeness (QED) is 0.883. The zero-order valence-electron chi connectivity index (χ0n) is 15.0. The Morgan fingerprint density at radius 1 is 1.24 bits per heavy atom. The number of hydrogen-bond acceptors (Lipinski definition) is 3. The highest BCUT2D eigenvalue weighted by molar-refractivity contribution is 5.76. The van der Waals surface area contributed by atoms with E-state index >= 15 is 0 Å². The molecule has 5 nitrogen and oxygen atoms in total. The molecule has 1 unspecified atom stereocenters. The van der Waals surface area contributed by atoms with Gasteiger partial charge in [0.05, 0.1) is 0 Å². The van der Waals surface area contributed by atoms with Gasteiger partial charge in [-0.05, 0) is 81.7 Å². The van der Waals surface area contributed by atoms with E-state index < -0.39 is 0 Å². The first-order chi connectivity index (χ1) is 12.2. The zero-order valence-corrected chi connectivity index (χ0v) is 15.0. The molecule has 1 atom stereocenters. The van der Waals surface area contributed by atoms with Crippen LogP contribution in [0.25, 0.3) is 0 Å². The molecule has 2 heterocycles. The lowest BCUT2D eigenvalue weighted by Crippen LogP contribution is -2.60. The molecule has 1 saturated heterocycles. The summed E-state index contributed by atoms with van der Waals surface area (Å²) in [4.78, 5) is 12.8. The van der Waals surface area contributed by atoms with Crippen LogP contribution in [0.2, 0.25) is 0 Å². The molecule has 1 amide bonds. The number of carbonyl (C=O) groups excluding carboxylic acids is 1. The first-order valence-corrected chi connectivity index (χ1v) is 10.2. The van der Waals surface area contributed by atoms with E-state index in [0.717, 1.165) is 30.8 Å². The molecule has 1 aliphatic heterocycles. The standard InChI is InChI=1S/C20H30N4O/c25-19(13-24-18(3-5-22-24)17-2-1-4-21-12-17)23-20-9-14-6-15(10-20)8-16(7-14)11-20/h3,5,14-17,21H,1-2,4,6-13H2,(H,23,25). The smallest absolute Gasteiger partial charge is 0.242 e. The maximum absolute atomic E-state index is 12.8. The number of aromatic nitrogens is 2. The third-order valence-corrected chi connectivity index (χ3v) is 7.20. The summed E-state index contributed by atoms with van der Waals surface area (Å²) in [7, 11) is 0. The van der Waals surface area contributed by atoms with Crippen LogP contribution >= 0.6 is 0 Å². The fraction of sp³-hybridized carbons (Fsp3) is 0.800. The predicted octanol–water partition coefficient (Wildman–Crippen LogP) is 2.44. The van der Waals surface area contributed by atoms with Crippen molar-refractivity contribution >= 4 is 5.91 Å². The van der Waals surface area contributed by atoms with Gasteiger partial charge in [-0.2, -0.15) is 5.10 Å². The molecule has 0 radical (unpaired) electrons. The summed E-state index contributed by atoms with van der Waals surface area (Å²) in [6.07, 6.45) is 12.1. The second-order valence-electron chi connectivity index (χ2n) is 9.20. The highest BCUT2D eigenvalue weighted by atomic mass is 16.2. The minimum atomic E-state index is 0.103. The number of rotatable bonds is 4. The number of nitrogens with one attached hydrogen (secondary N) is 2. The van der Waals surface area contributed by atoms with Crippen LogP contribution in [0.5, 0.6) is 0 Å². The van der Waals surface area contributed by atoms with Crippen molar-refractivity contribution < 1.29 is 4.79 Å². The number of carbonyl (C=O) groups is 1. The summed E-state index contributed by atoms with van der Waals surface area (Å²) in [5.41, 5.74) is 1.32. The monoisotopic (exact) mass is 342 g/mol. The van der Waals surface area contributed by atoms with Crippen molar-refractivity contribution in [1.82, 2.24) is 20.4 Å². The Morgan fingerprint density at radius 3 is 2.60 bits per heavy atom. The molecule has 4 bridgehead atoms. The largest absolute Gasteiger partial charge is 0.349 e. The molecular weight excluding hydrogens is 312 g/mol. The van der Waals surface area contributed by atoms with Gasteiger partial charge < -0.3 is 10.6 Å². The van der Waals surface area contributed by atoms with E-state index in [1.807, 2.05) is 10.9 Å². The Kier molecular flexibility index (Phi) is 3.88. The average Bonchev–Trinajstić information content (AvgIpc) is 3.01. The molecule has 1 aromatic rings. The first-order valence-electron chi connectivity index (χ1n) is 10.2. The summed E-state index contributed by atoms with van der Waals surface area (Å²) in [5, 5.41) is 11.4. The van der Waals surface area contributed by atoms with Crippen LogP contribution in [-0.2, 0) is 11.3 Å². The van der Waals surface area contributed by atoms with E-state index in [1.54, 1.807) is 0 Å². The van der Waals surface area contributed by atoms with Crippen molar-refractivity contribution in [2.75, 3.05) is 13.1 Å². The van der Waals surface area contributed by atoms with Gasteiger partial charge in [0.15, 0.2) is 0 Å². The average molecular weight is 342 g/mol. The molecule has 5 heteroatoms. The van der Waals surface area contributed by atoms with Gasteiger partial charge in [-0.25, -0.2) is 0 Å². The zero-order chi connectivity index (χ0) is 16.9. The molecule has 1 aromatic heterocycles. The van der Waals surface area contributed by atoms with E-state index in [0.29, 0.717) is 12.5 Å². The van der Waals surface area contributed by atoms with Crippen molar-refractivity contribution in [3.63, 3.8) is 0 Å². The molecule has 6 rings (SSSR count). The fourth-order valence-electron chi connectivity index (χ4n) is 6.66. The van der Waals surface area contributed by atoms with Crippen molar-refractivity contribution in [2.24, 2.45) is 17.8 Å². The molecule has 4 aliphatic carbocycles. The van der Waals surface area contributed by atoms with Crippen LogP contribution in [-0.4, -0.2) is 34.3 Å². The molecule has 0 aromatic carbocycles. The summed E-state index contributed by atoms with van der Waals surface area (Å²) < 4.78 is 1.94. The van der Waals surface area contributed by atoms with Gasteiger partial charge in [0, 0.05) is 29.9 Å². The lowest BCUT2D eigenvalue weighted by Gasteiger charge is -2.56. The molecule has 136 valence electrons. The van der Waals surface area contributed by atoms with Crippen LogP contribution < -0.4 is 10.6 Å². The minimum Gasteiger partial charge on any atom is -0.349 e. The maximum atomic E-state index is 12.8. The topological polar surface area (TPSA) is 59.0 Å². The third-order valence-electron chi connectivity index (χ3n) is 7.20. The summed E-state index contributed by atoms with van der Waals surface area (Å²) in [5.74, 6) is 3.24. The normalized spacial score (nSPS) is 39.5. The minimum absolute atomic E-state index is 0.103. The second-order valence-corrected chi connectivity index (χ2v) is 9.20.